The number of carbonyl (C=O) groups is 1. The van der Waals surface area contributed by atoms with Crippen LogP contribution in [-0.2, 0) is 4.79 Å². The number of carbonyl (C=O) groups excluding carboxylic acids is 1. The molecule has 0 aliphatic rings. The van der Waals surface area contributed by atoms with E-state index < -0.39 is 18.1 Å². The molecule has 2 unspecified atom stereocenters. The highest BCUT2D eigenvalue weighted by Crippen LogP contribution is 2.27. The summed E-state index contributed by atoms with van der Waals surface area (Å²) in [7, 11) is 1.48. The highest BCUT2D eigenvalue weighted by atomic mass is 16.5. The fraction of sp³-hybridized carbons (Fsp3) is 0.364. The second-order valence-electron chi connectivity index (χ2n) is 3.68. The molecule has 0 heterocycles. The molecule has 17 heavy (non-hydrogen) atoms. The molecule has 0 saturated carbocycles. The predicted molar refractivity (Wildman–Crippen MR) is 62.2 cm³/mol. The van der Waals surface area contributed by atoms with Crippen LogP contribution in [0.15, 0.2) is 18.2 Å². The topological polar surface area (TPSA) is 119 Å². The quantitative estimate of drug-likeness (QED) is 0.520. The van der Waals surface area contributed by atoms with Crippen molar-refractivity contribution in [3.63, 3.8) is 0 Å². The van der Waals surface area contributed by atoms with Crippen LogP contribution in [0, 0.1) is 0 Å². The van der Waals surface area contributed by atoms with Crippen LogP contribution in [0.25, 0.3) is 0 Å². The van der Waals surface area contributed by atoms with E-state index in [0.29, 0.717) is 17.0 Å². The van der Waals surface area contributed by atoms with E-state index in [1.807, 2.05) is 0 Å². The number of methoxy groups -OCH3 is 1. The number of hydrogen-bond donors (Lipinski definition) is 4. The van der Waals surface area contributed by atoms with E-state index in [0.717, 1.165) is 0 Å². The van der Waals surface area contributed by atoms with Crippen LogP contribution in [0.4, 0.5) is 5.69 Å². The molecule has 0 saturated heterocycles. The molecule has 6 heteroatoms. The summed E-state index contributed by atoms with van der Waals surface area (Å²) in [5.74, 6) is -0.205. The maximum Gasteiger partial charge on any atom is 0.220 e. The van der Waals surface area contributed by atoms with E-state index in [4.69, 9.17) is 16.2 Å². The second-order valence-corrected chi connectivity index (χ2v) is 3.68. The van der Waals surface area contributed by atoms with Gasteiger partial charge in [0.05, 0.1) is 25.3 Å². The normalized spacial score (nSPS) is 14.1. The van der Waals surface area contributed by atoms with Crippen molar-refractivity contribution in [1.29, 1.82) is 0 Å². The van der Waals surface area contributed by atoms with Gasteiger partial charge in [0.15, 0.2) is 0 Å². The molecule has 0 radical (unpaired) electrons. The Hall–Kier alpha value is -1.79. The van der Waals surface area contributed by atoms with Gasteiger partial charge >= 0.3 is 0 Å². The Morgan fingerprint density at radius 1 is 1.47 bits per heavy atom. The Morgan fingerprint density at radius 2 is 2.12 bits per heavy atom. The third-order valence-electron chi connectivity index (χ3n) is 2.37. The van der Waals surface area contributed by atoms with Crippen LogP contribution >= 0.6 is 0 Å². The molecule has 1 rings (SSSR count). The van der Waals surface area contributed by atoms with Crippen LogP contribution in [0.2, 0.25) is 0 Å². The number of nitrogen functional groups attached to an aromatic ring is 1. The van der Waals surface area contributed by atoms with Crippen molar-refractivity contribution in [3.05, 3.63) is 23.8 Å². The molecule has 0 aliphatic carbocycles. The molecule has 1 aromatic carbocycles. The van der Waals surface area contributed by atoms with Crippen molar-refractivity contribution >= 4 is 11.6 Å². The van der Waals surface area contributed by atoms with Crippen molar-refractivity contribution in [2.45, 2.75) is 18.6 Å². The van der Waals surface area contributed by atoms with Crippen molar-refractivity contribution in [2.24, 2.45) is 5.73 Å². The third-order valence-corrected chi connectivity index (χ3v) is 2.37. The number of ether oxygens (including phenoxy) is 1. The Labute approximate surface area is 98.8 Å². The second kappa shape index (κ2) is 5.51. The summed E-state index contributed by atoms with van der Waals surface area (Å²) in [6, 6.07) is 4.61. The molecule has 0 aliphatic heterocycles. The minimum atomic E-state index is -1.25. The van der Waals surface area contributed by atoms with Crippen molar-refractivity contribution in [2.75, 3.05) is 12.8 Å². The summed E-state index contributed by atoms with van der Waals surface area (Å²) in [5, 5.41) is 19.3. The SMILES string of the molecule is COc1ccc(C(O)C(O)CC(N)=O)cc1N. The summed E-state index contributed by atoms with van der Waals surface area (Å²) >= 11 is 0. The van der Waals surface area contributed by atoms with Gasteiger partial charge in [0.2, 0.25) is 5.91 Å². The molecule has 0 fully saturated rings. The first kappa shape index (κ1) is 13.3. The van der Waals surface area contributed by atoms with Crippen LogP contribution in [0.3, 0.4) is 0 Å². The molecule has 0 bridgehead atoms. The maximum atomic E-state index is 10.6. The lowest BCUT2D eigenvalue weighted by atomic mass is 10.0. The first-order valence-corrected chi connectivity index (χ1v) is 5.03. The largest absolute Gasteiger partial charge is 0.495 e. The first-order chi connectivity index (χ1) is 7.95. The van der Waals surface area contributed by atoms with E-state index in [2.05, 4.69) is 0 Å². The summed E-state index contributed by atoms with van der Waals surface area (Å²) in [6.45, 7) is 0. The molecule has 1 amide bonds. The van der Waals surface area contributed by atoms with Gasteiger partial charge < -0.3 is 26.4 Å². The molecular weight excluding hydrogens is 224 g/mol. The molecule has 1 aromatic rings. The summed E-state index contributed by atoms with van der Waals surface area (Å²) in [4.78, 5) is 10.6. The zero-order chi connectivity index (χ0) is 13.0. The van der Waals surface area contributed by atoms with Gasteiger partial charge in [-0.1, -0.05) is 6.07 Å². The van der Waals surface area contributed by atoms with Crippen molar-refractivity contribution in [1.82, 2.24) is 0 Å². The lowest BCUT2D eigenvalue weighted by molar-refractivity contribution is -0.121. The van der Waals surface area contributed by atoms with E-state index >= 15 is 0 Å². The fourth-order valence-corrected chi connectivity index (χ4v) is 1.48. The molecule has 0 aromatic heterocycles. The highest BCUT2D eigenvalue weighted by molar-refractivity contribution is 5.74. The number of amides is 1. The maximum absolute atomic E-state index is 10.6. The number of rotatable bonds is 5. The fourth-order valence-electron chi connectivity index (χ4n) is 1.48. The van der Waals surface area contributed by atoms with Gasteiger partial charge in [0, 0.05) is 0 Å². The van der Waals surface area contributed by atoms with Crippen LogP contribution < -0.4 is 16.2 Å². The number of hydrogen-bond acceptors (Lipinski definition) is 5. The summed E-state index contributed by atoms with van der Waals surface area (Å²) < 4.78 is 4.96. The van der Waals surface area contributed by atoms with Gasteiger partial charge in [-0.25, -0.2) is 0 Å². The average molecular weight is 240 g/mol. The number of nitrogens with two attached hydrogens (primary N) is 2. The number of aliphatic hydroxyl groups is 2. The van der Waals surface area contributed by atoms with Crippen LogP contribution in [-0.4, -0.2) is 29.3 Å². The van der Waals surface area contributed by atoms with Crippen LogP contribution in [0.5, 0.6) is 5.75 Å². The minimum absolute atomic E-state index is 0.312. The number of primary amides is 1. The van der Waals surface area contributed by atoms with E-state index in [1.54, 1.807) is 12.1 Å². The van der Waals surface area contributed by atoms with Crippen molar-refractivity contribution < 1.29 is 19.7 Å². The first-order valence-electron chi connectivity index (χ1n) is 5.03. The van der Waals surface area contributed by atoms with Gasteiger partial charge in [-0.3, -0.25) is 4.79 Å². The molecular formula is C11H16N2O4. The summed E-state index contributed by atoms with van der Waals surface area (Å²) in [5.41, 5.74) is 11.3. The standard InChI is InChI=1S/C11H16N2O4/c1-17-9-3-2-6(4-7(9)12)11(16)8(14)5-10(13)15/h2-4,8,11,14,16H,5,12H2,1H3,(H2,13,15). The Balaban J connectivity index is 2.85. The van der Waals surface area contributed by atoms with Gasteiger partial charge in [-0.05, 0) is 17.7 Å². The lowest BCUT2D eigenvalue weighted by Crippen LogP contribution is -2.25. The molecule has 94 valence electrons. The van der Waals surface area contributed by atoms with E-state index in [1.165, 1.54) is 13.2 Å². The smallest absolute Gasteiger partial charge is 0.220 e. The molecule has 6 N–H and O–H groups in total. The van der Waals surface area contributed by atoms with Gasteiger partial charge in [0.25, 0.3) is 0 Å². The molecule has 6 nitrogen and oxygen atoms in total. The minimum Gasteiger partial charge on any atom is -0.495 e. The van der Waals surface area contributed by atoms with E-state index in [9.17, 15) is 15.0 Å². The highest BCUT2D eigenvalue weighted by Gasteiger charge is 2.20. The monoisotopic (exact) mass is 240 g/mol. The molecule has 2 atom stereocenters. The van der Waals surface area contributed by atoms with Gasteiger partial charge in [0.1, 0.15) is 11.9 Å². The number of aliphatic hydroxyl groups excluding tert-OH is 2. The third kappa shape index (κ3) is 3.33. The number of benzene rings is 1. The lowest BCUT2D eigenvalue weighted by Gasteiger charge is -2.17. The zero-order valence-electron chi connectivity index (χ0n) is 9.46. The van der Waals surface area contributed by atoms with Gasteiger partial charge in [-0.15, -0.1) is 0 Å². The average Bonchev–Trinajstić information content (AvgIpc) is 2.27. The Bertz CT molecular complexity index is 408. The van der Waals surface area contributed by atoms with Crippen LogP contribution in [0.1, 0.15) is 18.1 Å². The molecule has 0 spiro atoms. The Kier molecular flexibility index (Phi) is 4.30. The van der Waals surface area contributed by atoms with Gasteiger partial charge in [-0.2, -0.15) is 0 Å². The Morgan fingerprint density at radius 3 is 2.59 bits per heavy atom. The van der Waals surface area contributed by atoms with E-state index in [-0.39, 0.29) is 6.42 Å². The van der Waals surface area contributed by atoms with Crippen molar-refractivity contribution in [3.8, 4) is 5.75 Å². The predicted octanol–water partition coefficient (Wildman–Crippen LogP) is -0.453. The summed E-state index contributed by atoms with van der Waals surface area (Å²) in [6.07, 6.45) is -2.77. The zero-order valence-corrected chi connectivity index (χ0v) is 9.46. The number of anilines is 1.